The van der Waals surface area contributed by atoms with Gasteiger partial charge in [0.1, 0.15) is 0 Å². The Morgan fingerprint density at radius 2 is 1.72 bits per heavy atom. The van der Waals surface area contributed by atoms with Gasteiger partial charge in [0.25, 0.3) is 0 Å². The molecule has 0 aliphatic rings. The van der Waals surface area contributed by atoms with Crippen molar-refractivity contribution in [2.45, 2.75) is 53.0 Å². The highest BCUT2D eigenvalue weighted by Gasteiger charge is 2.18. The zero-order valence-corrected chi connectivity index (χ0v) is 18.8. The summed E-state index contributed by atoms with van der Waals surface area (Å²) in [7, 11) is -3.41. The first-order valence-electron chi connectivity index (χ1n) is 10.0. The van der Waals surface area contributed by atoms with Gasteiger partial charge in [0.05, 0.1) is 18.0 Å². The zero-order valence-electron chi connectivity index (χ0n) is 18.0. The molecule has 0 heterocycles. The van der Waals surface area contributed by atoms with Crippen molar-refractivity contribution in [3.8, 4) is 0 Å². The summed E-state index contributed by atoms with van der Waals surface area (Å²) in [4.78, 5) is 12.4. The molecule has 0 aliphatic carbocycles. The molecule has 0 bridgehead atoms. The van der Waals surface area contributed by atoms with Gasteiger partial charge in [-0.3, -0.25) is 9.10 Å². The standard InChI is InChI=1S/C23H32N2O3S/c1-6-20-10-13-22(14-11-20)25(29(5,27)28)15-7-8-23(26)24-19(4)21-12-9-17(2)18(3)16-21/h9-14,16,19H,6-8,15H2,1-5H3,(H,24,26)/t19-/m1/s1. The van der Waals surface area contributed by atoms with Gasteiger partial charge in [-0.25, -0.2) is 8.42 Å². The summed E-state index contributed by atoms with van der Waals surface area (Å²) >= 11 is 0. The largest absolute Gasteiger partial charge is 0.350 e. The van der Waals surface area contributed by atoms with E-state index in [-0.39, 0.29) is 24.9 Å². The van der Waals surface area contributed by atoms with Crippen LogP contribution in [0.25, 0.3) is 0 Å². The highest BCUT2D eigenvalue weighted by Crippen LogP contribution is 2.20. The van der Waals surface area contributed by atoms with Gasteiger partial charge in [-0.1, -0.05) is 37.3 Å². The van der Waals surface area contributed by atoms with Gasteiger partial charge < -0.3 is 5.32 Å². The van der Waals surface area contributed by atoms with Crippen molar-refractivity contribution in [3.63, 3.8) is 0 Å². The maximum atomic E-state index is 12.4. The number of rotatable bonds is 9. The van der Waals surface area contributed by atoms with Crippen molar-refractivity contribution >= 4 is 21.6 Å². The topological polar surface area (TPSA) is 66.5 Å². The molecule has 2 aromatic rings. The van der Waals surface area contributed by atoms with Gasteiger partial charge in [-0.05, 0) is 68.0 Å². The van der Waals surface area contributed by atoms with Crippen LogP contribution in [0.3, 0.4) is 0 Å². The molecule has 1 atom stereocenters. The lowest BCUT2D eigenvalue weighted by Gasteiger charge is -2.23. The quantitative estimate of drug-likeness (QED) is 0.663. The molecule has 0 radical (unpaired) electrons. The summed E-state index contributed by atoms with van der Waals surface area (Å²) in [5.74, 6) is -0.0782. The first-order chi connectivity index (χ1) is 13.6. The second kappa shape index (κ2) is 9.92. The maximum absolute atomic E-state index is 12.4. The van der Waals surface area contributed by atoms with Gasteiger partial charge in [-0.15, -0.1) is 0 Å². The van der Waals surface area contributed by atoms with Crippen LogP contribution in [0.15, 0.2) is 42.5 Å². The van der Waals surface area contributed by atoms with Crippen molar-refractivity contribution < 1.29 is 13.2 Å². The predicted octanol–water partition coefficient (Wildman–Crippen LogP) is 4.29. The number of anilines is 1. The third-order valence-electron chi connectivity index (χ3n) is 5.21. The fraction of sp³-hybridized carbons (Fsp3) is 0.435. The second-order valence-electron chi connectivity index (χ2n) is 7.59. The maximum Gasteiger partial charge on any atom is 0.232 e. The molecule has 29 heavy (non-hydrogen) atoms. The van der Waals surface area contributed by atoms with Crippen LogP contribution in [-0.4, -0.2) is 27.1 Å². The van der Waals surface area contributed by atoms with Crippen LogP contribution in [0.2, 0.25) is 0 Å². The van der Waals surface area contributed by atoms with E-state index in [0.717, 1.165) is 17.5 Å². The fourth-order valence-electron chi connectivity index (χ4n) is 3.20. The predicted molar refractivity (Wildman–Crippen MR) is 120 cm³/mol. The summed E-state index contributed by atoms with van der Waals surface area (Å²) < 4.78 is 25.8. The Bertz CT molecular complexity index is 937. The van der Waals surface area contributed by atoms with E-state index in [4.69, 9.17) is 0 Å². The Hall–Kier alpha value is -2.34. The molecule has 158 valence electrons. The van der Waals surface area contributed by atoms with Gasteiger partial charge in [0.15, 0.2) is 0 Å². The van der Waals surface area contributed by atoms with E-state index in [0.29, 0.717) is 12.1 Å². The van der Waals surface area contributed by atoms with Crippen LogP contribution in [0.5, 0.6) is 0 Å². The molecule has 0 unspecified atom stereocenters. The molecule has 0 saturated carbocycles. The summed E-state index contributed by atoms with van der Waals surface area (Å²) in [5.41, 5.74) is 5.27. The minimum Gasteiger partial charge on any atom is -0.350 e. The van der Waals surface area contributed by atoms with Gasteiger partial charge >= 0.3 is 0 Å². The molecule has 0 saturated heterocycles. The zero-order chi connectivity index (χ0) is 21.6. The van der Waals surface area contributed by atoms with Crippen LogP contribution < -0.4 is 9.62 Å². The molecule has 1 N–H and O–H groups in total. The molecule has 0 fully saturated rings. The molecule has 0 aromatic heterocycles. The first-order valence-corrected chi connectivity index (χ1v) is 11.9. The third-order valence-corrected chi connectivity index (χ3v) is 6.40. The molecular weight excluding hydrogens is 384 g/mol. The van der Waals surface area contributed by atoms with Gasteiger partial charge in [-0.2, -0.15) is 0 Å². The Morgan fingerprint density at radius 3 is 2.28 bits per heavy atom. The van der Waals surface area contributed by atoms with E-state index in [1.807, 2.05) is 37.3 Å². The summed E-state index contributed by atoms with van der Waals surface area (Å²) in [6.45, 7) is 8.41. The van der Waals surface area contributed by atoms with Crippen molar-refractivity contribution in [1.29, 1.82) is 0 Å². The smallest absolute Gasteiger partial charge is 0.232 e. The Balaban J connectivity index is 1.94. The molecule has 5 nitrogen and oxygen atoms in total. The number of carbonyl (C=O) groups excluding carboxylic acids is 1. The number of hydrogen-bond donors (Lipinski definition) is 1. The van der Waals surface area contributed by atoms with E-state index in [2.05, 4.69) is 38.2 Å². The number of amides is 1. The van der Waals surface area contributed by atoms with Crippen molar-refractivity contribution in [1.82, 2.24) is 5.32 Å². The SMILES string of the molecule is CCc1ccc(N(CCCC(=O)N[C@H](C)c2ccc(C)c(C)c2)S(C)(=O)=O)cc1. The Kier molecular flexibility index (Phi) is 7.85. The number of nitrogens with zero attached hydrogens (tertiary/aromatic N) is 1. The molecule has 1 amide bonds. The monoisotopic (exact) mass is 416 g/mol. The number of sulfonamides is 1. The second-order valence-corrected chi connectivity index (χ2v) is 9.50. The van der Waals surface area contributed by atoms with Crippen LogP contribution in [0, 0.1) is 13.8 Å². The summed E-state index contributed by atoms with van der Waals surface area (Å²) in [5, 5.41) is 3.00. The molecule has 0 aliphatic heterocycles. The Morgan fingerprint density at radius 1 is 1.07 bits per heavy atom. The minimum atomic E-state index is -3.41. The van der Waals surface area contributed by atoms with Gasteiger partial charge in [0.2, 0.25) is 15.9 Å². The van der Waals surface area contributed by atoms with Crippen molar-refractivity contribution in [3.05, 3.63) is 64.7 Å². The van der Waals surface area contributed by atoms with Gasteiger partial charge in [0, 0.05) is 13.0 Å². The van der Waals surface area contributed by atoms with E-state index in [1.54, 1.807) is 0 Å². The summed E-state index contributed by atoms with van der Waals surface area (Å²) in [6.07, 6.45) is 2.82. The number of hydrogen-bond acceptors (Lipinski definition) is 3. The lowest BCUT2D eigenvalue weighted by atomic mass is 10.0. The average molecular weight is 417 g/mol. The molecule has 2 rings (SSSR count). The lowest BCUT2D eigenvalue weighted by Crippen LogP contribution is -2.32. The number of nitrogens with one attached hydrogen (secondary N) is 1. The number of carbonyl (C=O) groups is 1. The average Bonchev–Trinajstić information content (AvgIpc) is 2.66. The van der Waals surface area contributed by atoms with E-state index >= 15 is 0 Å². The molecule has 6 heteroatoms. The van der Waals surface area contributed by atoms with Crippen LogP contribution >= 0.6 is 0 Å². The summed E-state index contributed by atoms with van der Waals surface area (Å²) in [6, 6.07) is 13.6. The normalized spacial score (nSPS) is 12.4. The molecule has 2 aromatic carbocycles. The van der Waals surface area contributed by atoms with Crippen LogP contribution in [0.4, 0.5) is 5.69 Å². The fourth-order valence-corrected chi connectivity index (χ4v) is 4.16. The highest BCUT2D eigenvalue weighted by molar-refractivity contribution is 7.92. The van der Waals surface area contributed by atoms with Crippen molar-refractivity contribution in [2.24, 2.45) is 0 Å². The minimum absolute atomic E-state index is 0.0782. The van der Waals surface area contributed by atoms with Crippen LogP contribution in [-0.2, 0) is 21.2 Å². The highest BCUT2D eigenvalue weighted by atomic mass is 32.2. The van der Waals surface area contributed by atoms with Crippen molar-refractivity contribution in [2.75, 3.05) is 17.1 Å². The third kappa shape index (κ3) is 6.60. The molecular formula is C23H32N2O3S. The first kappa shape index (κ1) is 22.9. The number of aryl methyl sites for hydroxylation is 3. The Labute approximate surface area is 175 Å². The van der Waals surface area contributed by atoms with E-state index < -0.39 is 10.0 Å². The van der Waals surface area contributed by atoms with Crippen LogP contribution in [0.1, 0.15) is 55.0 Å². The molecule has 0 spiro atoms. The van der Waals surface area contributed by atoms with E-state index in [9.17, 15) is 13.2 Å². The van der Waals surface area contributed by atoms with E-state index in [1.165, 1.54) is 21.7 Å². The lowest BCUT2D eigenvalue weighted by molar-refractivity contribution is -0.121. The number of benzene rings is 2.